The van der Waals surface area contributed by atoms with E-state index in [1.165, 1.54) is 12.1 Å². The molecule has 0 unspecified atom stereocenters. The maximum atomic E-state index is 11.2. The molecular weight excluding hydrogens is 284 g/mol. The average Bonchev–Trinajstić information content (AvgIpc) is 2.41. The molecule has 1 fully saturated rings. The minimum atomic E-state index is -0.495. The number of carbonyl (C=O) groups is 1. The molecule has 108 valence electrons. The third kappa shape index (κ3) is 3.30. The summed E-state index contributed by atoms with van der Waals surface area (Å²) < 4.78 is 0. The van der Waals surface area contributed by atoms with Crippen LogP contribution in [0.15, 0.2) is 18.2 Å². The van der Waals surface area contributed by atoms with Crippen LogP contribution in [-0.4, -0.2) is 35.0 Å². The quantitative estimate of drug-likeness (QED) is 0.659. The molecule has 0 bridgehead atoms. The molecule has 0 saturated carbocycles. The average molecular weight is 299 g/mol. The van der Waals surface area contributed by atoms with Crippen LogP contribution in [0.2, 0.25) is 5.02 Å². The highest BCUT2D eigenvalue weighted by atomic mass is 35.5. The predicted molar refractivity (Wildman–Crippen MR) is 75.9 cm³/mol. The van der Waals surface area contributed by atoms with Crippen molar-refractivity contribution in [2.24, 2.45) is 5.73 Å². The first-order valence-corrected chi connectivity index (χ1v) is 6.60. The topological polar surface area (TPSA) is 102 Å². The third-order valence-electron chi connectivity index (χ3n) is 3.26. The van der Waals surface area contributed by atoms with Crippen molar-refractivity contribution in [2.45, 2.75) is 18.9 Å². The van der Waals surface area contributed by atoms with E-state index in [9.17, 15) is 14.9 Å². The van der Waals surface area contributed by atoms with Crippen molar-refractivity contribution in [3.05, 3.63) is 33.3 Å². The molecule has 2 amide bonds. The lowest BCUT2D eigenvalue weighted by Crippen LogP contribution is -2.47. The van der Waals surface area contributed by atoms with Crippen molar-refractivity contribution in [2.75, 3.05) is 18.4 Å². The maximum Gasteiger partial charge on any atom is 0.314 e. The Morgan fingerprint density at radius 1 is 1.55 bits per heavy atom. The fourth-order valence-corrected chi connectivity index (χ4v) is 2.48. The minimum absolute atomic E-state index is 0.0372. The van der Waals surface area contributed by atoms with Gasteiger partial charge in [0.2, 0.25) is 0 Å². The summed E-state index contributed by atoms with van der Waals surface area (Å²) in [5.74, 6) is 0. The number of amides is 2. The van der Waals surface area contributed by atoms with E-state index in [1.54, 1.807) is 11.0 Å². The van der Waals surface area contributed by atoms with Gasteiger partial charge in [-0.2, -0.15) is 0 Å². The molecule has 0 radical (unpaired) electrons. The monoisotopic (exact) mass is 298 g/mol. The Balaban J connectivity index is 2.06. The normalized spacial score (nSPS) is 18.6. The van der Waals surface area contributed by atoms with E-state index in [-0.39, 0.29) is 16.8 Å². The van der Waals surface area contributed by atoms with Crippen LogP contribution in [0.1, 0.15) is 12.8 Å². The molecule has 20 heavy (non-hydrogen) atoms. The molecule has 0 aliphatic carbocycles. The fourth-order valence-electron chi connectivity index (χ4n) is 2.25. The van der Waals surface area contributed by atoms with Crippen LogP contribution in [-0.2, 0) is 0 Å². The highest BCUT2D eigenvalue weighted by Crippen LogP contribution is 2.28. The van der Waals surface area contributed by atoms with Gasteiger partial charge in [-0.3, -0.25) is 10.1 Å². The molecule has 1 aromatic carbocycles. The second kappa shape index (κ2) is 5.96. The number of anilines is 1. The lowest BCUT2D eigenvalue weighted by atomic mass is 10.1. The number of nitrogens with two attached hydrogens (primary N) is 1. The largest absolute Gasteiger partial charge is 0.379 e. The van der Waals surface area contributed by atoms with Crippen LogP contribution in [0.4, 0.5) is 16.2 Å². The van der Waals surface area contributed by atoms with E-state index in [2.05, 4.69) is 5.32 Å². The number of hydrogen-bond acceptors (Lipinski definition) is 4. The molecule has 1 aromatic rings. The number of nitrogens with zero attached hydrogens (tertiary/aromatic N) is 2. The molecule has 1 heterocycles. The summed E-state index contributed by atoms with van der Waals surface area (Å²) in [5, 5.41) is 14.1. The highest BCUT2D eigenvalue weighted by Gasteiger charge is 2.22. The summed E-state index contributed by atoms with van der Waals surface area (Å²) in [4.78, 5) is 22.9. The summed E-state index contributed by atoms with van der Waals surface area (Å²) in [6, 6.07) is 3.87. The maximum absolute atomic E-state index is 11.2. The number of benzene rings is 1. The number of nitro groups is 1. The highest BCUT2D eigenvalue weighted by molar-refractivity contribution is 6.33. The molecule has 7 nitrogen and oxygen atoms in total. The zero-order valence-corrected chi connectivity index (χ0v) is 11.5. The lowest BCUT2D eigenvalue weighted by Gasteiger charge is -2.32. The molecule has 2 rings (SSSR count). The van der Waals surface area contributed by atoms with Crippen molar-refractivity contribution < 1.29 is 9.72 Å². The second-order valence-electron chi connectivity index (χ2n) is 4.69. The number of nitrogens with one attached hydrogen (secondary N) is 1. The van der Waals surface area contributed by atoms with Gasteiger partial charge in [-0.1, -0.05) is 11.6 Å². The molecule has 1 atom stereocenters. The molecule has 1 aliphatic heterocycles. The fraction of sp³-hybridized carbons (Fsp3) is 0.417. The predicted octanol–water partition coefficient (Wildman–Crippen LogP) is 2.20. The van der Waals surface area contributed by atoms with E-state index >= 15 is 0 Å². The smallest absolute Gasteiger partial charge is 0.314 e. The number of primary amides is 1. The SMILES string of the molecule is NC(=O)N1CCC[C@H](Nc2ccc([N+](=O)[O-])cc2Cl)C1. The van der Waals surface area contributed by atoms with Crippen molar-refractivity contribution in [3.63, 3.8) is 0 Å². The van der Waals surface area contributed by atoms with E-state index in [1.807, 2.05) is 0 Å². The van der Waals surface area contributed by atoms with Crippen LogP contribution in [0.25, 0.3) is 0 Å². The minimum Gasteiger partial charge on any atom is -0.379 e. The number of carbonyl (C=O) groups excluding carboxylic acids is 1. The first-order valence-electron chi connectivity index (χ1n) is 6.22. The van der Waals surface area contributed by atoms with E-state index in [0.29, 0.717) is 18.8 Å². The molecule has 1 saturated heterocycles. The summed E-state index contributed by atoms with van der Waals surface area (Å²) in [7, 11) is 0. The molecule has 8 heteroatoms. The first-order chi connectivity index (χ1) is 9.47. The number of hydrogen-bond donors (Lipinski definition) is 2. The van der Waals surface area contributed by atoms with Gasteiger partial charge < -0.3 is 16.0 Å². The Bertz CT molecular complexity index is 537. The number of urea groups is 1. The van der Waals surface area contributed by atoms with Crippen LogP contribution < -0.4 is 11.1 Å². The van der Waals surface area contributed by atoms with Crippen LogP contribution in [0.5, 0.6) is 0 Å². The summed E-state index contributed by atoms with van der Waals surface area (Å²) >= 11 is 6.02. The van der Waals surface area contributed by atoms with Crippen LogP contribution in [0.3, 0.4) is 0 Å². The first kappa shape index (κ1) is 14.4. The van der Waals surface area contributed by atoms with Crippen LogP contribution in [0, 0.1) is 10.1 Å². The van der Waals surface area contributed by atoms with Crippen molar-refractivity contribution in [1.82, 2.24) is 4.90 Å². The van der Waals surface area contributed by atoms with Gasteiger partial charge in [0.1, 0.15) is 0 Å². The standard InChI is InChI=1S/C12H15ClN4O3/c13-10-6-9(17(19)20)3-4-11(10)15-8-2-1-5-16(7-8)12(14)18/h3-4,6,8,15H,1-2,5,7H2,(H2,14,18)/t8-/m0/s1. The van der Waals surface area contributed by atoms with E-state index < -0.39 is 11.0 Å². The Labute approximate surface area is 120 Å². The molecular formula is C12H15ClN4O3. The summed E-state index contributed by atoms with van der Waals surface area (Å²) in [6.07, 6.45) is 1.74. The van der Waals surface area contributed by atoms with Gasteiger partial charge >= 0.3 is 6.03 Å². The molecule has 1 aliphatic rings. The molecule has 0 aromatic heterocycles. The Hall–Kier alpha value is -2.02. The van der Waals surface area contributed by atoms with Crippen molar-refractivity contribution >= 4 is 29.0 Å². The van der Waals surface area contributed by atoms with Crippen molar-refractivity contribution in [1.29, 1.82) is 0 Å². The second-order valence-corrected chi connectivity index (χ2v) is 5.10. The van der Waals surface area contributed by atoms with Crippen molar-refractivity contribution in [3.8, 4) is 0 Å². The number of rotatable bonds is 3. The van der Waals surface area contributed by atoms with Crippen LogP contribution >= 0.6 is 11.6 Å². The van der Waals surface area contributed by atoms with Gasteiger partial charge in [0.25, 0.3) is 5.69 Å². The number of likely N-dealkylation sites (tertiary alicyclic amines) is 1. The van der Waals surface area contributed by atoms with E-state index in [4.69, 9.17) is 17.3 Å². The van der Waals surface area contributed by atoms with Gasteiger partial charge in [0.15, 0.2) is 0 Å². The summed E-state index contributed by atoms with van der Waals surface area (Å²) in [5.41, 5.74) is 5.83. The van der Waals surface area contributed by atoms with Gasteiger partial charge in [-0.25, -0.2) is 4.79 Å². The van der Waals surface area contributed by atoms with Gasteiger partial charge in [-0.05, 0) is 18.9 Å². The van der Waals surface area contributed by atoms with E-state index in [0.717, 1.165) is 12.8 Å². The third-order valence-corrected chi connectivity index (χ3v) is 3.57. The Kier molecular flexibility index (Phi) is 4.29. The summed E-state index contributed by atoms with van der Waals surface area (Å²) in [6.45, 7) is 1.16. The Morgan fingerprint density at radius 2 is 2.30 bits per heavy atom. The van der Waals surface area contributed by atoms with Gasteiger partial charge in [0.05, 0.1) is 15.6 Å². The Morgan fingerprint density at radius 3 is 2.90 bits per heavy atom. The lowest BCUT2D eigenvalue weighted by molar-refractivity contribution is -0.384. The number of halogens is 1. The zero-order chi connectivity index (χ0) is 14.7. The van der Waals surface area contributed by atoms with Gasteiger partial charge in [-0.15, -0.1) is 0 Å². The number of non-ortho nitro benzene ring substituents is 1. The zero-order valence-electron chi connectivity index (χ0n) is 10.7. The van der Waals surface area contributed by atoms with Gasteiger partial charge in [0, 0.05) is 31.3 Å². The molecule has 3 N–H and O–H groups in total. The number of nitro benzene ring substituents is 1. The molecule has 0 spiro atoms. The number of piperidine rings is 1.